The number of nitrogens with one attached hydrogen (secondary N) is 1. The highest BCUT2D eigenvalue weighted by molar-refractivity contribution is 5.23. The van der Waals surface area contributed by atoms with Gasteiger partial charge in [-0.25, -0.2) is 0 Å². The van der Waals surface area contributed by atoms with Gasteiger partial charge < -0.3 is 0 Å². The highest BCUT2D eigenvalue weighted by Gasteiger charge is 2.38. The molecule has 0 saturated heterocycles. The van der Waals surface area contributed by atoms with Gasteiger partial charge in [-0.1, -0.05) is 0 Å². The third-order valence-corrected chi connectivity index (χ3v) is 1.65. The number of rotatable bonds is 1. The average molecular weight is 189 g/mol. The first-order chi connectivity index (χ1) is 5.95. The Bertz CT molecular complexity index is 333. The first-order valence-electron chi connectivity index (χ1n) is 3.47. The molecule has 1 heterocycles. The highest BCUT2D eigenvalue weighted by Crippen LogP contribution is 2.33. The second-order valence-corrected chi connectivity index (χ2v) is 2.58. The van der Waals surface area contributed by atoms with Gasteiger partial charge in [-0.3, -0.25) is 5.10 Å². The number of H-pyrrole nitrogens is 1. The fourth-order valence-corrected chi connectivity index (χ4v) is 0.784. The standard InChI is InChI=1S/C7H6F3N3/c1-4(7(8,9)10)6-2-5(3-11)12-13-6/h2,4H,1H3,(H,12,13). The number of halogens is 3. The second-order valence-electron chi connectivity index (χ2n) is 2.58. The molecule has 0 aliphatic heterocycles. The Balaban J connectivity index is 2.91. The number of aromatic amines is 1. The zero-order valence-electron chi connectivity index (χ0n) is 6.68. The molecule has 3 nitrogen and oxygen atoms in total. The predicted molar refractivity (Wildman–Crippen MR) is 37.8 cm³/mol. The van der Waals surface area contributed by atoms with Crippen LogP contribution in [0.3, 0.4) is 0 Å². The molecule has 0 aliphatic rings. The lowest BCUT2D eigenvalue weighted by Crippen LogP contribution is -2.17. The van der Waals surface area contributed by atoms with Crippen molar-refractivity contribution in [1.29, 1.82) is 5.26 Å². The van der Waals surface area contributed by atoms with E-state index in [0.717, 1.165) is 13.0 Å². The highest BCUT2D eigenvalue weighted by atomic mass is 19.4. The molecule has 1 N–H and O–H groups in total. The molecule has 6 heteroatoms. The monoisotopic (exact) mass is 189 g/mol. The van der Waals surface area contributed by atoms with Crippen LogP contribution < -0.4 is 0 Å². The molecule has 70 valence electrons. The molecule has 1 unspecified atom stereocenters. The van der Waals surface area contributed by atoms with Crippen LogP contribution >= 0.6 is 0 Å². The molecule has 0 aromatic carbocycles. The lowest BCUT2D eigenvalue weighted by molar-refractivity contribution is -0.147. The van der Waals surface area contributed by atoms with Crippen LogP contribution in [0.4, 0.5) is 13.2 Å². The smallest absolute Gasteiger partial charge is 0.268 e. The van der Waals surface area contributed by atoms with E-state index in [0.29, 0.717) is 0 Å². The van der Waals surface area contributed by atoms with Crippen molar-refractivity contribution in [3.63, 3.8) is 0 Å². The van der Waals surface area contributed by atoms with E-state index in [-0.39, 0.29) is 11.4 Å². The minimum atomic E-state index is -4.32. The molecule has 1 atom stereocenters. The zero-order chi connectivity index (χ0) is 10.1. The minimum Gasteiger partial charge on any atom is -0.268 e. The SMILES string of the molecule is CC(c1cc(C#N)[nH]n1)C(F)(F)F. The van der Waals surface area contributed by atoms with Crippen LogP contribution in [0, 0.1) is 11.3 Å². The fourth-order valence-electron chi connectivity index (χ4n) is 0.784. The van der Waals surface area contributed by atoms with Crippen molar-refractivity contribution >= 4 is 0 Å². The van der Waals surface area contributed by atoms with Crippen molar-refractivity contribution in [3.8, 4) is 6.07 Å². The normalized spacial score (nSPS) is 13.8. The molecule has 0 amide bonds. The van der Waals surface area contributed by atoms with Gasteiger partial charge in [-0.15, -0.1) is 0 Å². The van der Waals surface area contributed by atoms with Crippen molar-refractivity contribution < 1.29 is 13.2 Å². The topological polar surface area (TPSA) is 52.5 Å². The lowest BCUT2D eigenvalue weighted by Gasteiger charge is -2.11. The van der Waals surface area contributed by atoms with E-state index in [1.165, 1.54) is 0 Å². The van der Waals surface area contributed by atoms with Crippen LogP contribution in [0.5, 0.6) is 0 Å². The third-order valence-electron chi connectivity index (χ3n) is 1.65. The molecule has 1 rings (SSSR count). The summed E-state index contributed by atoms with van der Waals surface area (Å²) < 4.78 is 36.3. The number of nitriles is 1. The summed E-state index contributed by atoms with van der Waals surface area (Å²) in [5, 5.41) is 13.9. The Hall–Kier alpha value is -1.51. The van der Waals surface area contributed by atoms with Gasteiger partial charge in [0.05, 0.1) is 11.6 Å². The quantitative estimate of drug-likeness (QED) is 0.733. The third kappa shape index (κ3) is 1.99. The number of aromatic nitrogens is 2. The van der Waals surface area contributed by atoms with Crippen LogP contribution in [-0.2, 0) is 0 Å². The van der Waals surface area contributed by atoms with Gasteiger partial charge in [0.25, 0.3) is 0 Å². The summed E-state index contributed by atoms with van der Waals surface area (Å²) in [5.74, 6) is -1.65. The maximum absolute atomic E-state index is 12.1. The Kier molecular flexibility index (Phi) is 2.28. The summed E-state index contributed by atoms with van der Waals surface area (Å²) in [6.07, 6.45) is -4.32. The number of alkyl halides is 3. The number of hydrogen-bond donors (Lipinski definition) is 1. The van der Waals surface area contributed by atoms with Gasteiger partial charge in [-0.05, 0) is 13.0 Å². The molecule has 1 aromatic rings. The Morgan fingerprint density at radius 1 is 1.62 bits per heavy atom. The molecule has 13 heavy (non-hydrogen) atoms. The van der Waals surface area contributed by atoms with Gasteiger partial charge in [0.1, 0.15) is 11.8 Å². The van der Waals surface area contributed by atoms with E-state index in [1.807, 2.05) is 0 Å². The first-order valence-corrected chi connectivity index (χ1v) is 3.47. The van der Waals surface area contributed by atoms with Crippen molar-refractivity contribution in [2.75, 3.05) is 0 Å². The largest absolute Gasteiger partial charge is 0.397 e. The molecular weight excluding hydrogens is 183 g/mol. The molecule has 0 bridgehead atoms. The molecule has 0 aliphatic carbocycles. The van der Waals surface area contributed by atoms with Crippen molar-refractivity contribution in [2.24, 2.45) is 0 Å². The minimum absolute atomic E-state index is 0.0334. The Labute approximate surface area is 72.2 Å². The first kappa shape index (κ1) is 9.58. The molecular formula is C7H6F3N3. The van der Waals surface area contributed by atoms with Gasteiger partial charge >= 0.3 is 6.18 Å². The van der Waals surface area contributed by atoms with Crippen molar-refractivity contribution in [3.05, 3.63) is 17.5 Å². The van der Waals surface area contributed by atoms with E-state index in [1.54, 1.807) is 6.07 Å². The maximum atomic E-state index is 12.1. The van der Waals surface area contributed by atoms with E-state index in [2.05, 4.69) is 10.2 Å². The van der Waals surface area contributed by atoms with Gasteiger partial charge in [0, 0.05) is 0 Å². The zero-order valence-corrected chi connectivity index (χ0v) is 6.68. The number of nitrogens with zero attached hydrogens (tertiary/aromatic N) is 2. The van der Waals surface area contributed by atoms with Crippen LogP contribution in [-0.4, -0.2) is 16.4 Å². The second kappa shape index (κ2) is 3.09. The molecule has 1 aromatic heterocycles. The van der Waals surface area contributed by atoms with E-state index >= 15 is 0 Å². The summed E-state index contributed by atoms with van der Waals surface area (Å²) in [4.78, 5) is 0. The Morgan fingerprint density at radius 2 is 2.23 bits per heavy atom. The van der Waals surface area contributed by atoms with E-state index in [4.69, 9.17) is 5.26 Å². The molecule has 0 radical (unpaired) electrons. The fraction of sp³-hybridized carbons (Fsp3) is 0.429. The predicted octanol–water partition coefficient (Wildman–Crippen LogP) is 1.95. The number of hydrogen-bond acceptors (Lipinski definition) is 2. The molecule has 0 saturated carbocycles. The Morgan fingerprint density at radius 3 is 2.62 bits per heavy atom. The summed E-state index contributed by atoms with van der Waals surface area (Å²) in [6, 6.07) is 2.76. The van der Waals surface area contributed by atoms with Crippen molar-refractivity contribution in [2.45, 2.75) is 19.0 Å². The summed E-state index contributed by atoms with van der Waals surface area (Å²) in [5.41, 5.74) is -0.129. The van der Waals surface area contributed by atoms with E-state index in [9.17, 15) is 13.2 Å². The van der Waals surface area contributed by atoms with Gasteiger partial charge in [0.15, 0.2) is 0 Å². The van der Waals surface area contributed by atoms with Crippen LogP contribution in [0.2, 0.25) is 0 Å². The van der Waals surface area contributed by atoms with Gasteiger partial charge in [0.2, 0.25) is 0 Å². The van der Waals surface area contributed by atoms with Crippen molar-refractivity contribution in [1.82, 2.24) is 10.2 Å². The average Bonchev–Trinajstić information content (AvgIpc) is 2.48. The van der Waals surface area contributed by atoms with Gasteiger partial charge in [-0.2, -0.15) is 23.5 Å². The molecule has 0 fully saturated rings. The van der Waals surface area contributed by atoms with Crippen LogP contribution in [0.25, 0.3) is 0 Å². The summed E-state index contributed by atoms with van der Waals surface area (Å²) >= 11 is 0. The van der Waals surface area contributed by atoms with E-state index < -0.39 is 12.1 Å². The van der Waals surface area contributed by atoms with Crippen LogP contribution in [0.15, 0.2) is 6.07 Å². The lowest BCUT2D eigenvalue weighted by atomic mass is 10.1. The summed E-state index contributed by atoms with van der Waals surface area (Å²) in [7, 11) is 0. The molecule has 0 spiro atoms. The van der Waals surface area contributed by atoms with Crippen LogP contribution in [0.1, 0.15) is 24.2 Å². The maximum Gasteiger partial charge on any atom is 0.397 e. The summed E-state index contributed by atoms with van der Waals surface area (Å²) in [6.45, 7) is 0.997.